The largest absolute Gasteiger partial charge is 0.309 e. The van der Waals surface area contributed by atoms with Gasteiger partial charge in [-0.25, -0.2) is 4.39 Å². The zero-order chi connectivity index (χ0) is 13.2. The molecule has 0 spiro atoms. The molecule has 0 bridgehead atoms. The van der Waals surface area contributed by atoms with Gasteiger partial charge in [0.25, 0.3) is 0 Å². The van der Waals surface area contributed by atoms with Gasteiger partial charge >= 0.3 is 0 Å². The number of nitrogens with one attached hydrogen (secondary N) is 1. The molecule has 0 aliphatic carbocycles. The average molecular weight is 273 g/mol. The molecule has 0 saturated heterocycles. The van der Waals surface area contributed by atoms with E-state index in [0.29, 0.717) is 0 Å². The van der Waals surface area contributed by atoms with Crippen molar-refractivity contribution in [1.82, 2.24) is 15.3 Å². The third-order valence-electron chi connectivity index (χ3n) is 3.01. The van der Waals surface area contributed by atoms with Gasteiger partial charge in [-0.05, 0) is 41.8 Å². The van der Waals surface area contributed by atoms with Crippen LogP contribution in [0.4, 0.5) is 4.39 Å². The van der Waals surface area contributed by atoms with E-state index in [1.807, 2.05) is 24.7 Å². The molecule has 1 N–H and O–H groups in total. The molecule has 0 aromatic carbocycles. The Morgan fingerprint density at radius 3 is 2.84 bits per heavy atom. The molecule has 5 heteroatoms. The summed E-state index contributed by atoms with van der Waals surface area (Å²) in [6.45, 7) is 0. The first kappa shape index (κ1) is 12.2. The Morgan fingerprint density at radius 1 is 1.21 bits per heavy atom. The zero-order valence-electron chi connectivity index (χ0n) is 10.3. The van der Waals surface area contributed by atoms with Crippen molar-refractivity contribution in [2.45, 2.75) is 6.04 Å². The highest BCUT2D eigenvalue weighted by Crippen LogP contribution is 2.26. The van der Waals surface area contributed by atoms with Gasteiger partial charge in [0.2, 0.25) is 0 Å². The van der Waals surface area contributed by atoms with Crippen molar-refractivity contribution in [3.8, 4) is 0 Å². The summed E-state index contributed by atoms with van der Waals surface area (Å²) in [6.07, 6.45) is 4.70. The lowest BCUT2D eigenvalue weighted by atomic mass is 10.0. The van der Waals surface area contributed by atoms with E-state index in [2.05, 4.69) is 21.4 Å². The first-order valence-electron chi connectivity index (χ1n) is 5.89. The highest BCUT2D eigenvalue weighted by atomic mass is 32.1. The van der Waals surface area contributed by atoms with E-state index in [-0.39, 0.29) is 11.9 Å². The Morgan fingerprint density at radius 2 is 2.05 bits per heavy atom. The van der Waals surface area contributed by atoms with Crippen LogP contribution in [0, 0.1) is 5.82 Å². The fourth-order valence-corrected chi connectivity index (χ4v) is 2.92. The van der Waals surface area contributed by atoms with Crippen LogP contribution in [0.25, 0.3) is 10.2 Å². The second-order valence-electron chi connectivity index (χ2n) is 4.23. The maximum Gasteiger partial charge on any atom is 0.141 e. The maximum atomic E-state index is 13.3. The van der Waals surface area contributed by atoms with Crippen molar-refractivity contribution in [3.05, 3.63) is 59.1 Å². The van der Waals surface area contributed by atoms with Gasteiger partial charge in [-0.3, -0.25) is 9.97 Å². The van der Waals surface area contributed by atoms with E-state index in [9.17, 15) is 4.39 Å². The van der Waals surface area contributed by atoms with Crippen LogP contribution in [0.15, 0.2) is 42.2 Å². The van der Waals surface area contributed by atoms with Gasteiger partial charge in [0.15, 0.2) is 0 Å². The monoisotopic (exact) mass is 273 g/mol. The van der Waals surface area contributed by atoms with Crippen LogP contribution in [0.3, 0.4) is 0 Å². The lowest BCUT2D eigenvalue weighted by Crippen LogP contribution is -2.18. The third-order valence-corrected chi connectivity index (χ3v) is 3.86. The molecule has 3 heterocycles. The van der Waals surface area contributed by atoms with Gasteiger partial charge in [-0.2, -0.15) is 0 Å². The summed E-state index contributed by atoms with van der Waals surface area (Å²) >= 11 is 1.65. The van der Waals surface area contributed by atoms with E-state index in [0.717, 1.165) is 21.3 Å². The van der Waals surface area contributed by atoms with Crippen LogP contribution < -0.4 is 5.32 Å². The highest BCUT2D eigenvalue weighted by Gasteiger charge is 2.14. The fraction of sp³-hybridized carbons (Fsp3) is 0.143. The Bertz CT molecular complexity index is 710. The molecular formula is C14H12FN3S. The minimum absolute atomic E-state index is 0.109. The molecule has 3 rings (SSSR count). The second-order valence-corrected chi connectivity index (χ2v) is 5.18. The minimum atomic E-state index is -0.331. The molecule has 0 aliphatic rings. The van der Waals surface area contributed by atoms with E-state index in [1.165, 1.54) is 12.3 Å². The summed E-state index contributed by atoms with van der Waals surface area (Å²) in [4.78, 5) is 8.31. The van der Waals surface area contributed by atoms with Gasteiger partial charge < -0.3 is 5.32 Å². The fourth-order valence-electron chi connectivity index (χ4n) is 2.13. The molecule has 0 fully saturated rings. The Hall–Kier alpha value is -1.85. The third kappa shape index (κ3) is 2.34. The van der Waals surface area contributed by atoms with Crippen LogP contribution in [-0.4, -0.2) is 17.0 Å². The van der Waals surface area contributed by atoms with Crippen LogP contribution in [0.2, 0.25) is 0 Å². The first-order valence-corrected chi connectivity index (χ1v) is 6.77. The van der Waals surface area contributed by atoms with Crippen molar-refractivity contribution in [2.75, 3.05) is 7.05 Å². The standard InChI is InChI=1S/C14H12FN3S/c1-16-14(9-4-11(15)8-17-6-9)10-5-13-12(18-7-10)2-3-19-13/h2-8,14,16H,1H3. The zero-order valence-corrected chi connectivity index (χ0v) is 11.1. The van der Waals surface area contributed by atoms with Crippen molar-refractivity contribution in [3.63, 3.8) is 0 Å². The summed E-state index contributed by atoms with van der Waals surface area (Å²) in [5.41, 5.74) is 2.78. The summed E-state index contributed by atoms with van der Waals surface area (Å²) < 4.78 is 14.4. The smallest absolute Gasteiger partial charge is 0.141 e. The van der Waals surface area contributed by atoms with Crippen molar-refractivity contribution in [1.29, 1.82) is 0 Å². The number of fused-ring (bicyclic) bond motifs is 1. The van der Waals surface area contributed by atoms with Gasteiger partial charge in [0, 0.05) is 12.4 Å². The number of pyridine rings is 2. The van der Waals surface area contributed by atoms with Crippen LogP contribution >= 0.6 is 11.3 Å². The quantitative estimate of drug-likeness (QED) is 0.796. The number of halogens is 1. The predicted octanol–water partition coefficient (Wildman–Crippen LogP) is 3.14. The number of aromatic nitrogens is 2. The van der Waals surface area contributed by atoms with Crippen LogP contribution in [-0.2, 0) is 0 Å². The number of hydrogen-bond acceptors (Lipinski definition) is 4. The van der Waals surface area contributed by atoms with Gasteiger partial charge in [0.05, 0.1) is 22.5 Å². The molecule has 3 nitrogen and oxygen atoms in total. The molecule has 0 radical (unpaired) electrons. The summed E-state index contributed by atoms with van der Waals surface area (Å²) in [7, 11) is 1.84. The molecule has 3 aromatic rings. The molecule has 1 unspecified atom stereocenters. The Kier molecular flexibility index (Phi) is 3.23. The van der Waals surface area contributed by atoms with Crippen molar-refractivity contribution in [2.24, 2.45) is 0 Å². The molecule has 0 aliphatic heterocycles. The average Bonchev–Trinajstić information content (AvgIpc) is 2.87. The lowest BCUT2D eigenvalue weighted by Gasteiger charge is -2.16. The lowest BCUT2D eigenvalue weighted by molar-refractivity contribution is 0.608. The normalized spacial score (nSPS) is 12.7. The Labute approximate surface area is 114 Å². The van der Waals surface area contributed by atoms with E-state index >= 15 is 0 Å². The summed E-state index contributed by atoms with van der Waals surface area (Å²) in [5, 5.41) is 5.19. The molecule has 0 amide bonds. The second kappa shape index (κ2) is 5.03. The number of rotatable bonds is 3. The van der Waals surface area contributed by atoms with E-state index < -0.39 is 0 Å². The van der Waals surface area contributed by atoms with Crippen LogP contribution in [0.1, 0.15) is 17.2 Å². The number of hydrogen-bond donors (Lipinski definition) is 1. The van der Waals surface area contributed by atoms with Crippen molar-refractivity contribution < 1.29 is 4.39 Å². The number of thiophene rings is 1. The predicted molar refractivity (Wildman–Crippen MR) is 74.7 cm³/mol. The van der Waals surface area contributed by atoms with Gasteiger partial charge in [0.1, 0.15) is 5.82 Å². The summed E-state index contributed by atoms with van der Waals surface area (Å²) in [6, 6.07) is 5.45. The number of nitrogens with zero attached hydrogens (tertiary/aromatic N) is 2. The topological polar surface area (TPSA) is 37.8 Å². The minimum Gasteiger partial charge on any atom is -0.309 e. The molecular weight excluding hydrogens is 261 g/mol. The van der Waals surface area contributed by atoms with E-state index in [4.69, 9.17) is 0 Å². The molecule has 96 valence electrons. The van der Waals surface area contributed by atoms with Gasteiger partial charge in [-0.15, -0.1) is 11.3 Å². The molecule has 19 heavy (non-hydrogen) atoms. The first-order chi connectivity index (χ1) is 9.28. The van der Waals surface area contributed by atoms with Crippen LogP contribution in [0.5, 0.6) is 0 Å². The summed E-state index contributed by atoms with van der Waals surface area (Å²) in [5.74, 6) is -0.331. The van der Waals surface area contributed by atoms with E-state index in [1.54, 1.807) is 17.5 Å². The molecule has 1 atom stereocenters. The Balaban J connectivity index is 2.06. The molecule has 3 aromatic heterocycles. The highest BCUT2D eigenvalue weighted by molar-refractivity contribution is 7.17. The molecule has 0 saturated carbocycles. The van der Waals surface area contributed by atoms with Crippen molar-refractivity contribution >= 4 is 21.6 Å². The van der Waals surface area contributed by atoms with Gasteiger partial charge in [-0.1, -0.05) is 0 Å². The maximum absolute atomic E-state index is 13.3. The SMILES string of the molecule is CNC(c1cncc(F)c1)c1cnc2ccsc2c1.